The first-order valence-electron chi connectivity index (χ1n) is 12.2. The lowest BCUT2D eigenvalue weighted by Crippen LogP contribution is -2.45. The average molecular weight is 512 g/mol. The van der Waals surface area contributed by atoms with E-state index in [-0.39, 0.29) is 29.7 Å². The monoisotopic (exact) mass is 511 g/mol. The number of anilines is 5. The Bertz CT molecular complexity index is 1310. The summed E-state index contributed by atoms with van der Waals surface area (Å²) in [6.07, 6.45) is -3.05. The maximum Gasteiger partial charge on any atom is 0.416 e. The highest BCUT2D eigenvalue weighted by Crippen LogP contribution is 2.37. The predicted molar refractivity (Wildman–Crippen MR) is 137 cm³/mol. The molecule has 194 valence electrons. The van der Waals surface area contributed by atoms with Gasteiger partial charge in [0.25, 0.3) is 5.91 Å². The molecule has 0 atom stereocenters. The summed E-state index contributed by atoms with van der Waals surface area (Å²) in [5, 5.41) is 5.70. The van der Waals surface area contributed by atoms with Crippen LogP contribution in [-0.2, 0) is 12.7 Å². The molecule has 1 saturated heterocycles. The van der Waals surface area contributed by atoms with Gasteiger partial charge in [-0.3, -0.25) is 9.69 Å². The molecule has 8 nitrogen and oxygen atoms in total. The molecule has 3 aromatic rings. The molecular weight excluding hydrogens is 483 g/mol. The van der Waals surface area contributed by atoms with Crippen LogP contribution in [0.2, 0.25) is 0 Å². The van der Waals surface area contributed by atoms with Gasteiger partial charge in [-0.1, -0.05) is 25.1 Å². The third-order valence-corrected chi connectivity index (χ3v) is 6.82. The van der Waals surface area contributed by atoms with Gasteiger partial charge in [0.15, 0.2) is 5.82 Å². The molecule has 2 aliphatic rings. The van der Waals surface area contributed by atoms with Crippen LogP contribution < -0.4 is 15.5 Å². The Hall–Kier alpha value is -3.70. The van der Waals surface area contributed by atoms with Gasteiger partial charge in [0, 0.05) is 45.5 Å². The first-order chi connectivity index (χ1) is 17.7. The summed E-state index contributed by atoms with van der Waals surface area (Å²) in [6, 6.07) is 11.3. The van der Waals surface area contributed by atoms with Gasteiger partial charge < -0.3 is 20.4 Å². The SMILES string of the molecule is CCN1CCN(Cc2ccc(Nc3ncc4c(n3)N(C)c3ccccc3C(=O)N4)cc2C(F)(F)F)CC1. The van der Waals surface area contributed by atoms with Crippen molar-refractivity contribution in [3.05, 3.63) is 65.4 Å². The van der Waals surface area contributed by atoms with Crippen LogP contribution in [0.1, 0.15) is 28.4 Å². The van der Waals surface area contributed by atoms with E-state index in [0.29, 0.717) is 22.8 Å². The third kappa shape index (κ3) is 5.23. The van der Waals surface area contributed by atoms with Crippen molar-refractivity contribution in [3.63, 3.8) is 0 Å². The van der Waals surface area contributed by atoms with Crippen LogP contribution in [0, 0.1) is 0 Å². The minimum absolute atomic E-state index is 0.121. The van der Waals surface area contributed by atoms with Gasteiger partial charge >= 0.3 is 6.18 Å². The number of hydrogen-bond donors (Lipinski definition) is 2. The molecule has 37 heavy (non-hydrogen) atoms. The minimum Gasteiger partial charge on any atom is -0.327 e. The average Bonchev–Trinajstić information content (AvgIpc) is 2.99. The Balaban J connectivity index is 1.39. The normalized spacial score (nSPS) is 16.6. The van der Waals surface area contributed by atoms with Crippen molar-refractivity contribution >= 4 is 34.7 Å². The zero-order chi connectivity index (χ0) is 26.2. The number of hydrogen-bond acceptors (Lipinski definition) is 7. The lowest BCUT2D eigenvalue weighted by molar-refractivity contribution is -0.138. The Morgan fingerprint density at radius 1 is 1.05 bits per heavy atom. The summed E-state index contributed by atoms with van der Waals surface area (Å²) in [6.45, 7) is 6.46. The number of likely N-dealkylation sites (N-methyl/N-ethyl adjacent to an activating group) is 1. The quantitative estimate of drug-likeness (QED) is 0.514. The second-order valence-electron chi connectivity index (χ2n) is 9.17. The molecule has 5 rings (SSSR count). The summed E-state index contributed by atoms with van der Waals surface area (Å²) in [5.74, 6) is 0.262. The molecule has 2 N–H and O–H groups in total. The number of nitrogens with one attached hydrogen (secondary N) is 2. The van der Waals surface area contributed by atoms with Gasteiger partial charge in [0.05, 0.1) is 23.0 Å². The number of halogens is 3. The van der Waals surface area contributed by atoms with Crippen molar-refractivity contribution in [1.82, 2.24) is 19.8 Å². The molecule has 1 aromatic heterocycles. The number of carbonyl (C=O) groups excluding carboxylic acids is 1. The zero-order valence-corrected chi connectivity index (χ0v) is 20.6. The second-order valence-corrected chi connectivity index (χ2v) is 9.17. The number of para-hydroxylation sites is 1. The molecule has 0 radical (unpaired) electrons. The van der Waals surface area contributed by atoms with Gasteiger partial charge in [0.2, 0.25) is 5.95 Å². The Kier molecular flexibility index (Phi) is 6.74. The number of fused-ring (bicyclic) bond motifs is 2. The van der Waals surface area contributed by atoms with Crippen LogP contribution in [0.4, 0.5) is 42.0 Å². The Morgan fingerprint density at radius 3 is 2.51 bits per heavy atom. The van der Waals surface area contributed by atoms with Gasteiger partial charge in [-0.05, 0) is 36.4 Å². The summed E-state index contributed by atoms with van der Waals surface area (Å²) >= 11 is 0. The molecule has 0 spiro atoms. The summed E-state index contributed by atoms with van der Waals surface area (Å²) in [5.41, 5.74) is 1.34. The molecule has 1 fully saturated rings. The predicted octanol–water partition coefficient (Wildman–Crippen LogP) is 4.71. The van der Waals surface area contributed by atoms with Gasteiger partial charge in [-0.15, -0.1) is 0 Å². The summed E-state index contributed by atoms with van der Waals surface area (Å²) < 4.78 is 42.0. The van der Waals surface area contributed by atoms with E-state index in [1.54, 1.807) is 36.2 Å². The fourth-order valence-electron chi connectivity index (χ4n) is 4.73. The number of amides is 1. The number of carbonyl (C=O) groups is 1. The van der Waals surface area contributed by atoms with Crippen molar-refractivity contribution in [2.75, 3.05) is 55.3 Å². The van der Waals surface area contributed by atoms with Crippen molar-refractivity contribution in [2.24, 2.45) is 0 Å². The highest BCUT2D eigenvalue weighted by molar-refractivity contribution is 6.11. The van der Waals surface area contributed by atoms with Gasteiger partial charge in [-0.2, -0.15) is 18.2 Å². The number of nitrogens with zero attached hydrogens (tertiary/aromatic N) is 5. The lowest BCUT2D eigenvalue weighted by atomic mass is 10.0. The van der Waals surface area contributed by atoms with E-state index < -0.39 is 11.7 Å². The Morgan fingerprint density at radius 2 is 1.78 bits per heavy atom. The van der Waals surface area contributed by atoms with Crippen LogP contribution in [0.25, 0.3) is 0 Å². The molecule has 11 heteroatoms. The highest BCUT2D eigenvalue weighted by Gasteiger charge is 2.34. The van der Waals surface area contributed by atoms with E-state index in [0.717, 1.165) is 38.8 Å². The van der Waals surface area contributed by atoms with Gasteiger partial charge in [0.1, 0.15) is 5.69 Å². The third-order valence-electron chi connectivity index (χ3n) is 6.82. The standard InChI is InChI=1S/C26H28F3N7O/c1-3-35-10-12-36(13-11-35)16-17-8-9-18(14-20(17)26(27,28)29)31-25-30-15-21-23(33-25)34(2)22-7-5-4-6-19(22)24(37)32-21/h4-9,14-15H,3,10-13,16H2,1-2H3,(H,32,37)(H,30,31,33). The first kappa shape index (κ1) is 25.0. The highest BCUT2D eigenvalue weighted by atomic mass is 19.4. The van der Waals surface area contributed by atoms with E-state index in [1.807, 2.05) is 6.07 Å². The molecule has 3 heterocycles. The number of alkyl halides is 3. The minimum atomic E-state index is -4.50. The van der Waals surface area contributed by atoms with Crippen LogP contribution in [-0.4, -0.2) is 65.4 Å². The van der Waals surface area contributed by atoms with Crippen LogP contribution >= 0.6 is 0 Å². The topological polar surface area (TPSA) is 76.6 Å². The first-order valence-corrected chi connectivity index (χ1v) is 12.2. The van der Waals surface area contributed by atoms with Crippen molar-refractivity contribution in [1.29, 1.82) is 0 Å². The number of rotatable bonds is 5. The molecule has 0 bridgehead atoms. The van der Waals surface area contributed by atoms with Crippen molar-refractivity contribution in [3.8, 4) is 0 Å². The van der Waals surface area contributed by atoms with Crippen LogP contribution in [0.15, 0.2) is 48.7 Å². The molecular formula is C26H28F3N7O. The molecule has 2 aliphatic heterocycles. The fraction of sp³-hybridized carbons (Fsp3) is 0.346. The van der Waals surface area contributed by atoms with E-state index in [1.165, 1.54) is 12.3 Å². The Labute approximate surface area is 213 Å². The fourth-order valence-corrected chi connectivity index (χ4v) is 4.73. The van der Waals surface area contributed by atoms with Gasteiger partial charge in [-0.25, -0.2) is 4.98 Å². The maximum absolute atomic E-state index is 14.0. The molecule has 0 aliphatic carbocycles. The van der Waals surface area contributed by atoms with Crippen LogP contribution in [0.3, 0.4) is 0 Å². The maximum atomic E-state index is 14.0. The lowest BCUT2D eigenvalue weighted by Gasteiger charge is -2.34. The van der Waals surface area contributed by atoms with E-state index >= 15 is 0 Å². The zero-order valence-electron chi connectivity index (χ0n) is 20.6. The van der Waals surface area contributed by atoms with E-state index in [4.69, 9.17) is 0 Å². The number of aromatic nitrogens is 2. The molecule has 1 amide bonds. The largest absolute Gasteiger partial charge is 0.416 e. The summed E-state index contributed by atoms with van der Waals surface area (Å²) in [7, 11) is 1.77. The second kappa shape index (κ2) is 9.98. The number of benzene rings is 2. The van der Waals surface area contributed by atoms with E-state index in [9.17, 15) is 18.0 Å². The van der Waals surface area contributed by atoms with Crippen molar-refractivity contribution in [2.45, 2.75) is 19.6 Å². The number of piperazine rings is 1. The molecule has 0 saturated carbocycles. The molecule has 0 unspecified atom stereocenters. The summed E-state index contributed by atoms with van der Waals surface area (Å²) in [4.78, 5) is 27.4. The van der Waals surface area contributed by atoms with Crippen LogP contribution in [0.5, 0.6) is 0 Å². The smallest absolute Gasteiger partial charge is 0.327 e. The van der Waals surface area contributed by atoms with Crippen molar-refractivity contribution < 1.29 is 18.0 Å². The molecule has 2 aromatic carbocycles. The van der Waals surface area contributed by atoms with E-state index in [2.05, 4.69) is 37.3 Å².